The molecule has 2 saturated carbocycles. The molecule has 0 radical (unpaired) electrons. The van der Waals surface area contributed by atoms with Gasteiger partial charge in [-0.05, 0) is 60.9 Å². The van der Waals surface area contributed by atoms with Crippen LogP contribution in [0.4, 0.5) is 4.79 Å². The summed E-state index contributed by atoms with van der Waals surface area (Å²) >= 11 is 0. The fraction of sp³-hybridized carbons (Fsp3) is 0.421. The van der Waals surface area contributed by atoms with Gasteiger partial charge in [-0.1, -0.05) is 80.6 Å². The maximum absolute atomic E-state index is 15.8. The SMILES string of the molecule is CC(=O)O[C@H]1C(=O)[C@@]2(C)[C@H]([C@H](OC(=O)c3ccccc3)[C@]3(O)C[C@H](OC(=O)[C@H](OC(=O)OC[n+]4cccc(C(=O)N(C)C)c4)[C@@H](NC(=O)c4ccccc4)c4ccccc4)C(C)=C1C3(C)C)[C@]1(OC(C)=O)CO[C@@H]1C[C@@H]2O. The Labute approximate surface area is 444 Å². The van der Waals surface area contributed by atoms with Crippen molar-refractivity contribution in [3.63, 3.8) is 0 Å². The highest BCUT2D eigenvalue weighted by atomic mass is 16.7. The number of ether oxygens (including phenoxy) is 7. The summed E-state index contributed by atoms with van der Waals surface area (Å²) in [7, 11) is 3.14. The van der Waals surface area contributed by atoms with Crippen molar-refractivity contribution in [1.82, 2.24) is 10.2 Å². The maximum Gasteiger partial charge on any atom is 0.514 e. The third-order valence-electron chi connectivity index (χ3n) is 15.5. The lowest BCUT2D eigenvalue weighted by atomic mass is 9.44. The molecule has 20 nitrogen and oxygen atoms in total. The van der Waals surface area contributed by atoms with E-state index < -0.39 is 125 Å². The molecule has 0 unspecified atom stereocenters. The second kappa shape index (κ2) is 21.7. The molecule has 3 N–H and O–H groups in total. The summed E-state index contributed by atoms with van der Waals surface area (Å²) in [5.41, 5.74) is -7.53. The number of fused-ring (bicyclic) bond motifs is 5. The normalized spacial score (nSPS) is 27.7. The number of hydrogen-bond acceptors (Lipinski definition) is 17. The second-order valence-corrected chi connectivity index (χ2v) is 20.8. The van der Waals surface area contributed by atoms with Gasteiger partial charge in [0.25, 0.3) is 18.5 Å². The van der Waals surface area contributed by atoms with Gasteiger partial charge in [-0.3, -0.25) is 24.0 Å². The summed E-state index contributed by atoms with van der Waals surface area (Å²) in [5, 5.41) is 29.1. The van der Waals surface area contributed by atoms with E-state index >= 15 is 9.59 Å². The lowest BCUT2D eigenvalue weighted by Crippen LogP contribution is -2.82. The van der Waals surface area contributed by atoms with Crippen LogP contribution in [0.2, 0.25) is 0 Å². The number of ketones is 1. The standard InChI is InChI=1S/C57H61N3O17/c1-32-39(74-52(68)45(75-53(69)72-31-60-26-18-25-38(29-60)50(66)59(7)8)43(35-19-12-9-13-20-35)58-49(65)36-21-14-10-15-22-36)28-57(70)48(76-51(67)37-23-16-11-17-24-37)46-55(6,40(63)27-41-56(46,30-71-41)77-34(3)62)47(64)44(73-33(2)61)42(32)54(57,4)5/h9-26,29,39-41,43-46,48,63,70H,27-28,30-31H2,1-8H3/p+1/t39-,40-,41+,43-,44+,45+,46-,48-,55+,56-,57+/m0/s1. The number of nitrogens with one attached hydrogen (secondary N) is 1. The molecule has 77 heavy (non-hydrogen) atoms. The second-order valence-electron chi connectivity index (χ2n) is 20.8. The highest BCUT2D eigenvalue weighted by Gasteiger charge is 2.78. The van der Waals surface area contributed by atoms with Gasteiger partial charge in [0.2, 0.25) is 6.10 Å². The molecule has 8 rings (SSSR count). The van der Waals surface area contributed by atoms with Crippen LogP contribution >= 0.6 is 0 Å². The molecule has 3 fully saturated rings. The third-order valence-corrected chi connectivity index (χ3v) is 15.5. The smallest absolute Gasteiger partial charge is 0.455 e. The number of pyridine rings is 1. The first-order valence-electron chi connectivity index (χ1n) is 25.0. The van der Waals surface area contributed by atoms with Gasteiger partial charge in [0.15, 0.2) is 29.9 Å². The molecule has 1 aliphatic heterocycles. The summed E-state index contributed by atoms with van der Waals surface area (Å²) in [6, 6.07) is 25.4. The Morgan fingerprint density at radius 1 is 0.818 bits per heavy atom. The van der Waals surface area contributed by atoms with Crippen LogP contribution in [0.5, 0.6) is 0 Å². The Bertz CT molecular complexity index is 2990. The van der Waals surface area contributed by atoms with Gasteiger partial charge in [0.05, 0.1) is 29.6 Å². The van der Waals surface area contributed by atoms with Crippen LogP contribution in [0, 0.1) is 16.7 Å². The lowest BCUT2D eigenvalue weighted by Gasteiger charge is -2.67. The summed E-state index contributed by atoms with van der Waals surface area (Å²) in [6.07, 6.45) is -9.66. The average Bonchev–Trinajstić information content (AvgIpc) is 3.58. The van der Waals surface area contributed by atoms with Crippen LogP contribution in [0.25, 0.3) is 0 Å². The number of esters is 4. The number of rotatable bonds is 14. The van der Waals surface area contributed by atoms with Gasteiger partial charge in [-0.15, -0.1) is 0 Å². The van der Waals surface area contributed by atoms with Crippen molar-refractivity contribution >= 4 is 47.6 Å². The van der Waals surface area contributed by atoms with Gasteiger partial charge in [0, 0.05) is 57.8 Å². The Morgan fingerprint density at radius 3 is 2.01 bits per heavy atom. The number of benzene rings is 3. The molecular weight excluding hydrogens is 999 g/mol. The number of aromatic nitrogens is 1. The quantitative estimate of drug-likeness (QED) is 0.0677. The van der Waals surface area contributed by atoms with Crippen LogP contribution in [0.15, 0.2) is 127 Å². The molecular formula is C57H62N3O17+. The van der Waals surface area contributed by atoms with Crippen molar-refractivity contribution in [2.24, 2.45) is 16.7 Å². The number of aliphatic hydroxyl groups excluding tert-OH is 1. The van der Waals surface area contributed by atoms with Gasteiger partial charge in [-0.25, -0.2) is 14.4 Å². The number of aliphatic hydroxyl groups is 2. The number of carbonyl (C=O) groups excluding carboxylic acids is 8. The van der Waals surface area contributed by atoms with E-state index in [1.807, 2.05) is 0 Å². The minimum Gasteiger partial charge on any atom is -0.455 e. The first-order valence-corrected chi connectivity index (χ1v) is 25.0. The van der Waals surface area contributed by atoms with Crippen molar-refractivity contribution in [1.29, 1.82) is 0 Å². The van der Waals surface area contributed by atoms with E-state index in [0.29, 0.717) is 0 Å². The molecule has 1 saturated heterocycles. The molecule has 20 heteroatoms. The van der Waals surface area contributed by atoms with E-state index in [4.69, 9.17) is 33.2 Å². The van der Waals surface area contributed by atoms with Gasteiger partial charge < -0.3 is 53.6 Å². The molecule has 0 spiro atoms. The number of carbonyl (C=O) groups is 8. The zero-order valence-electron chi connectivity index (χ0n) is 43.8. The summed E-state index contributed by atoms with van der Waals surface area (Å²) in [6.45, 7) is 7.24. The molecule has 3 aromatic carbocycles. The Balaban J connectivity index is 1.27. The fourth-order valence-corrected chi connectivity index (χ4v) is 11.5. The number of nitrogens with zero attached hydrogens (tertiary/aromatic N) is 2. The summed E-state index contributed by atoms with van der Waals surface area (Å²) in [4.78, 5) is 114. The topological polar surface area (TPSA) is 261 Å². The Morgan fingerprint density at radius 2 is 1.43 bits per heavy atom. The summed E-state index contributed by atoms with van der Waals surface area (Å²) in [5.74, 6) is -7.63. The van der Waals surface area contributed by atoms with Crippen molar-refractivity contribution < 1.29 is 86.3 Å². The van der Waals surface area contributed by atoms with Crippen LogP contribution < -0.4 is 9.88 Å². The van der Waals surface area contributed by atoms with Crippen molar-refractivity contribution in [3.05, 3.63) is 149 Å². The van der Waals surface area contributed by atoms with Crippen LogP contribution in [-0.4, -0.2) is 131 Å². The average molecular weight is 1060 g/mol. The minimum absolute atomic E-state index is 0.0244. The van der Waals surface area contributed by atoms with E-state index in [-0.39, 0.29) is 52.3 Å². The van der Waals surface area contributed by atoms with E-state index in [2.05, 4.69) is 5.32 Å². The van der Waals surface area contributed by atoms with Gasteiger partial charge in [-0.2, -0.15) is 4.57 Å². The molecule has 406 valence electrons. The monoisotopic (exact) mass is 1060 g/mol. The molecule has 2 bridgehead atoms. The zero-order chi connectivity index (χ0) is 55.8. The van der Waals surface area contributed by atoms with E-state index in [1.54, 1.807) is 93.0 Å². The van der Waals surface area contributed by atoms with E-state index in [0.717, 1.165) is 13.8 Å². The van der Waals surface area contributed by atoms with Crippen molar-refractivity contribution in [3.8, 4) is 0 Å². The largest absolute Gasteiger partial charge is 0.514 e. The van der Waals surface area contributed by atoms with Gasteiger partial charge in [0.1, 0.15) is 35.5 Å². The molecule has 11 atom stereocenters. The first-order chi connectivity index (χ1) is 36.4. The molecule has 4 aliphatic rings. The third kappa shape index (κ3) is 10.3. The molecule has 1 aromatic heterocycles. The minimum atomic E-state index is -2.51. The van der Waals surface area contributed by atoms with Crippen LogP contribution in [-0.2, 0) is 59.1 Å². The molecule has 3 aliphatic carbocycles. The summed E-state index contributed by atoms with van der Waals surface area (Å²) < 4.78 is 43.6. The van der Waals surface area contributed by atoms with Crippen molar-refractivity contribution in [2.75, 3.05) is 20.7 Å². The predicted molar refractivity (Wildman–Crippen MR) is 268 cm³/mol. The number of hydrogen-bond donors (Lipinski definition) is 3. The van der Waals surface area contributed by atoms with E-state index in [1.165, 1.54) is 73.8 Å². The molecule has 2 amide bonds. The fourth-order valence-electron chi connectivity index (χ4n) is 11.5. The highest BCUT2D eigenvalue weighted by Crippen LogP contribution is 2.64. The van der Waals surface area contributed by atoms with E-state index in [9.17, 15) is 39.0 Å². The first kappa shape index (κ1) is 55.4. The predicted octanol–water partition coefficient (Wildman–Crippen LogP) is 4.54. The number of Topliss-reactive ketones (excluding diaryl/α,β-unsaturated/α-hetero) is 1. The van der Waals surface area contributed by atoms with Crippen LogP contribution in [0.1, 0.15) is 97.1 Å². The molecule has 4 aromatic rings. The van der Waals surface area contributed by atoms with Crippen LogP contribution in [0.3, 0.4) is 0 Å². The highest BCUT2D eigenvalue weighted by molar-refractivity contribution is 5.97. The lowest BCUT2D eigenvalue weighted by molar-refractivity contribution is -0.727. The van der Waals surface area contributed by atoms with Gasteiger partial charge >= 0.3 is 30.0 Å². The van der Waals surface area contributed by atoms with Crippen molar-refractivity contribution in [2.45, 2.75) is 115 Å². The Kier molecular flexibility index (Phi) is 15.6. The number of amides is 2. The Hall–Kier alpha value is -7.81. The molecule has 2 heterocycles. The maximum atomic E-state index is 15.8. The zero-order valence-corrected chi connectivity index (χ0v) is 43.8.